The van der Waals surface area contributed by atoms with Crippen molar-refractivity contribution in [2.75, 3.05) is 17.2 Å². The van der Waals surface area contributed by atoms with Gasteiger partial charge in [-0.1, -0.05) is 18.2 Å². The van der Waals surface area contributed by atoms with E-state index in [-0.39, 0.29) is 23.1 Å². The van der Waals surface area contributed by atoms with E-state index < -0.39 is 17.5 Å². The smallest absolute Gasteiger partial charge is 0.274 e. The first-order chi connectivity index (χ1) is 13.4. The summed E-state index contributed by atoms with van der Waals surface area (Å²) in [6.07, 6.45) is 0.409. The van der Waals surface area contributed by atoms with E-state index in [1.54, 1.807) is 25.1 Å². The van der Waals surface area contributed by atoms with Gasteiger partial charge in [0.25, 0.3) is 5.91 Å². The molecule has 0 aliphatic rings. The highest BCUT2D eigenvalue weighted by molar-refractivity contribution is 6.03. The van der Waals surface area contributed by atoms with E-state index in [1.807, 2.05) is 0 Å². The molecule has 0 saturated carbocycles. The van der Waals surface area contributed by atoms with Crippen molar-refractivity contribution in [1.82, 2.24) is 9.97 Å². The number of benzene rings is 2. The maximum Gasteiger partial charge on any atom is 0.274 e. The number of hydrogen-bond donors (Lipinski definition) is 2. The highest BCUT2D eigenvalue weighted by atomic mass is 19.1. The van der Waals surface area contributed by atoms with Crippen LogP contribution in [-0.4, -0.2) is 22.4 Å². The molecule has 8 heteroatoms. The molecule has 28 heavy (non-hydrogen) atoms. The molecule has 0 aliphatic carbocycles. The average Bonchev–Trinajstić information content (AvgIpc) is 2.65. The topological polar surface area (TPSA) is 66.9 Å². The van der Waals surface area contributed by atoms with Crippen LogP contribution in [0.15, 0.2) is 48.5 Å². The minimum atomic E-state index is -0.887. The van der Waals surface area contributed by atoms with E-state index in [0.717, 1.165) is 12.1 Å². The first kappa shape index (κ1) is 19.3. The van der Waals surface area contributed by atoms with Gasteiger partial charge in [0.2, 0.25) is 5.95 Å². The summed E-state index contributed by atoms with van der Waals surface area (Å²) < 4.78 is 40.3. The molecule has 1 heterocycles. The van der Waals surface area contributed by atoms with Gasteiger partial charge in [0.15, 0.2) is 0 Å². The van der Waals surface area contributed by atoms with E-state index >= 15 is 0 Å². The quantitative estimate of drug-likeness (QED) is 0.669. The minimum Gasteiger partial charge on any atom is -0.354 e. The molecule has 0 fully saturated rings. The lowest BCUT2D eigenvalue weighted by atomic mass is 10.1. The van der Waals surface area contributed by atoms with Crippen LogP contribution in [-0.2, 0) is 6.42 Å². The Morgan fingerprint density at radius 2 is 1.79 bits per heavy atom. The zero-order chi connectivity index (χ0) is 20.1. The molecule has 1 aromatic heterocycles. The predicted octanol–water partition coefficient (Wildman–Crippen LogP) is 4.11. The van der Waals surface area contributed by atoms with E-state index in [1.165, 1.54) is 12.1 Å². The van der Waals surface area contributed by atoms with Crippen molar-refractivity contribution < 1.29 is 18.0 Å². The Bertz CT molecular complexity index is 1010. The molecule has 3 aromatic rings. The molecule has 0 bridgehead atoms. The molecule has 144 valence electrons. The monoisotopic (exact) mass is 386 g/mol. The van der Waals surface area contributed by atoms with Gasteiger partial charge in [-0.15, -0.1) is 0 Å². The van der Waals surface area contributed by atoms with Gasteiger partial charge in [0.05, 0.1) is 5.69 Å². The number of carbonyl (C=O) groups is 1. The molecule has 2 aromatic carbocycles. The molecule has 5 nitrogen and oxygen atoms in total. The molecule has 0 unspecified atom stereocenters. The minimum absolute atomic E-state index is 0.0182. The van der Waals surface area contributed by atoms with Crippen LogP contribution < -0.4 is 10.6 Å². The van der Waals surface area contributed by atoms with Gasteiger partial charge in [-0.05, 0) is 43.2 Å². The predicted molar refractivity (Wildman–Crippen MR) is 99.7 cm³/mol. The standard InChI is InChI=1S/C20H17F3N4O/c1-12-10-18(19(28)26-17-7-6-14(21)11-16(17)23)27-20(25-12)24-9-8-13-4-2-3-5-15(13)22/h2-7,10-11H,8-9H2,1H3,(H,26,28)(H,24,25,27). The normalized spacial score (nSPS) is 10.6. The molecule has 3 rings (SSSR count). The van der Waals surface area contributed by atoms with Crippen LogP contribution in [0.2, 0.25) is 0 Å². The van der Waals surface area contributed by atoms with Crippen molar-refractivity contribution in [2.24, 2.45) is 0 Å². The summed E-state index contributed by atoms with van der Waals surface area (Å²) in [5.74, 6) is -2.39. The number of anilines is 2. The molecular weight excluding hydrogens is 369 g/mol. The summed E-state index contributed by atoms with van der Waals surface area (Å²) >= 11 is 0. The van der Waals surface area contributed by atoms with Crippen molar-refractivity contribution in [2.45, 2.75) is 13.3 Å². The van der Waals surface area contributed by atoms with Gasteiger partial charge < -0.3 is 10.6 Å². The highest BCUT2D eigenvalue weighted by Crippen LogP contribution is 2.16. The molecule has 0 atom stereocenters. The van der Waals surface area contributed by atoms with Gasteiger partial charge in [0, 0.05) is 18.3 Å². The van der Waals surface area contributed by atoms with Crippen molar-refractivity contribution in [1.29, 1.82) is 0 Å². The van der Waals surface area contributed by atoms with Gasteiger partial charge in [-0.3, -0.25) is 4.79 Å². The highest BCUT2D eigenvalue weighted by Gasteiger charge is 2.13. The first-order valence-corrected chi connectivity index (χ1v) is 8.52. The number of rotatable bonds is 6. The number of nitrogens with one attached hydrogen (secondary N) is 2. The Kier molecular flexibility index (Phi) is 5.88. The molecule has 1 amide bonds. The van der Waals surface area contributed by atoms with Crippen LogP contribution in [0.3, 0.4) is 0 Å². The zero-order valence-electron chi connectivity index (χ0n) is 15.0. The third kappa shape index (κ3) is 4.85. The number of nitrogens with zero attached hydrogens (tertiary/aromatic N) is 2. The van der Waals surface area contributed by atoms with Crippen LogP contribution >= 0.6 is 0 Å². The van der Waals surface area contributed by atoms with Gasteiger partial charge in [-0.25, -0.2) is 23.1 Å². The SMILES string of the molecule is Cc1cc(C(=O)Nc2ccc(F)cc2F)nc(NCCc2ccccc2F)n1. The lowest BCUT2D eigenvalue weighted by Gasteiger charge is -2.10. The molecule has 0 saturated heterocycles. The van der Waals surface area contributed by atoms with E-state index in [4.69, 9.17) is 0 Å². The Labute approximate surface area is 159 Å². The number of carbonyl (C=O) groups excluding carboxylic acids is 1. The molecule has 0 spiro atoms. The zero-order valence-corrected chi connectivity index (χ0v) is 15.0. The number of amides is 1. The number of hydrogen-bond acceptors (Lipinski definition) is 4. The Morgan fingerprint density at radius 3 is 2.54 bits per heavy atom. The van der Waals surface area contributed by atoms with Crippen molar-refractivity contribution in [3.05, 3.63) is 82.9 Å². The first-order valence-electron chi connectivity index (χ1n) is 8.52. The van der Waals surface area contributed by atoms with E-state index in [9.17, 15) is 18.0 Å². The number of aromatic nitrogens is 2. The molecule has 0 aliphatic heterocycles. The van der Waals surface area contributed by atoms with Crippen LogP contribution in [0.5, 0.6) is 0 Å². The summed E-state index contributed by atoms with van der Waals surface area (Å²) in [4.78, 5) is 20.6. The second kappa shape index (κ2) is 8.51. The van der Waals surface area contributed by atoms with Gasteiger partial charge in [-0.2, -0.15) is 0 Å². The summed E-state index contributed by atoms with van der Waals surface area (Å²) in [6, 6.07) is 10.7. The Hall–Kier alpha value is -3.42. The maximum absolute atomic E-state index is 13.7. The summed E-state index contributed by atoms with van der Waals surface area (Å²) in [6.45, 7) is 2.04. The molecule has 0 radical (unpaired) electrons. The van der Waals surface area contributed by atoms with Crippen molar-refractivity contribution in [3.63, 3.8) is 0 Å². The van der Waals surface area contributed by atoms with Crippen LogP contribution in [0.25, 0.3) is 0 Å². The van der Waals surface area contributed by atoms with E-state index in [0.29, 0.717) is 30.3 Å². The van der Waals surface area contributed by atoms with Crippen molar-refractivity contribution >= 4 is 17.5 Å². The number of halogens is 3. The maximum atomic E-state index is 13.7. The van der Waals surface area contributed by atoms with Crippen LogP contribution in [0.1, 0.15) is 21.7 Å². The summed E-state index contributed by atoms with van der Waals surface area (Å²) in [5, 5.41) is 5.30. The summed E-state index contributed by atoms with van der Waals surface area (Å²) in [7, 11) is 0. The lowest BCUT2D eigenvalue weighted by Crippen LogP contribution is -2.17. The average molecular weight is 386 g/mol. The van der Waals surface area contributed by atoms with Gasteiger partial charge >= 0.3 is 0 Å². The largest absolute Gasteiger partial charge is 0.354 e. The Balaban J connectivity index is 1.68. The fourth-order valence-corrected chi connectivity index (χ4v) is 2.55. The molecular formula is C20H17F3N4O. The molecule has 2 N–H and O–H groups in total. The third-order valence-corrected chi connectivity index (χ3v) is 3.90. The van der Waals surface area contributed by atoms with E-state index in [2.05, 4.69) is 20.6 Å². The third-order valence-electron chi connectivity index (χ3n) is 3.90. The van der Waals surface area contributed by atoms with Gasteiger partial charge in [0.1, 0.15) is 23.1 Å². The fraction of sp³-hybridized carbons (Fsp3) is 0.150. The Morgan fingerprint density at radius 1 is 1.00 bits per heavy atom. The van der Waals surface area contributed by atoms with Crippen molar-refractivity contribution in [3.8, 4) is 0 Å². The fourth-order valence-electron chi connectivity index (χ4n) is 2.55. The van der Waals surface area contributed by atoms with Crippen LogP contribution in [0.4, 0.5) is 24.8 Å². The lowest BCUT2D eigenvalue weighted by molar-refractivity contribution is 0.102. The van der Waals surface area contributed by atoms with Crippen LogP contribution in [0, 0.1) is 24.4 Å². The number of aryl methyl sites for hydroxylation is 1. The second-order valence-electron chi connectivity index (χ2n) is 6.06. The summed E-state index contributed by atoms with van der Waals surface area (Å²) in [5.41, 5.74) is 0.932. The second-order valence-corrected chi connectivity index (χ2v) is 6.06.